The summed E-state index contributed by atoms with van der Waals surface area (Å²) in [5, 5.41) is 5.27. The lowest BCUT2D eigenvalue weighted by Crippen LogP contribution is -2.26. The monoisotopic (exact) mass is 262 g/mol. The van der Waals surface area contributed by atoms with Gasteiger partial charge in [-0.05, 0) is 36.1 Å². The fourth-order valence-corrected chi connectivity index (χ4v) is 2.61. The average Bonchev–Trinajstić information content (AvgIpc) is 2.48. The number of nitrogens with zero attached hydrogens (tertiary/aromatic N) is 1. The molecule has 0 saturated heterocycles. The molecule has 1 rings (SSSR count). The zero-order valence-electron chi connectivity index (χ0n) is 8.01. The van der Waals surface area contributed by atoms with Gasteiger partial charge in [0.05, 0.1) is 0 Å². The van der Waals surface area contributed by atoms with E-state index in [9.17, 15) is 0 Å². The van der Waals surface area contributed by atoms with Gasteiger partial charge in [-0.1, -0.05) is 0 Å². The predicted molar refractivity (Wildman–Crippen MR) is 62.3 cm³/mol. The van der Waals surface area contributed by atoms with Crippen LogP contribution in [0.4, 0.5) is 0 Å². The van der Waals surface area contributed by atoms with Gasteiger partial charge in [-0.15, -0.1) is 11.3 Å². The molecule has 2 nitrogen and oxygen atoms in total. The quantitative estimate of drug-likeness (QED) is 0.875. The van der Waals surface area contributed by atoms with Crippen molar-refractivity contribution in [3.63, 3.8) is 0 Å². The van der Waals surface area contributed by atoms with Crippen LogP contribution in [-0.2, 0) is 6.54 Å². The van der Waals surface area contributed by atoms with Gasteiger partial charge in [0.2, 0.25) is 0 Å². The van der Waals surface area contributed by atoms with Gasteiger partial charge >= 0.3 is 0 Å². The molecule has 1 heterocycles. The molecule has 1 N–H and O–H groups in total. The Morgan fingerprint density at radius 1 is 1.62 bits per heavy atom. The molecular weight excluding hydrogens is 248 g/mol. The van der Waals surface area contributed by atoms with E-state index in [2.05, 4.69) is 44.6 Å². The van der Waals surface area contributed by atoms with Crippen LogP contribution in [0.15, 0.2) is 15.9 Å². The third-order valence-electron chi connectivity index (χ3n) is 1.79. The SMILES string of the molecule is CNCCN(C)Cc1cc(Br)cs1. The van der Waals surface area contributed by atoms with Crippen LogP contribution in [0, 0.1) is 0 Å². The number of nitrogens with one attached hydrogen (secondary N) is 1. The van der Waals surface area contributed by atoms with Crippen molar-refractivity contribution in [2.75, 3.05) is 27.2 Å². The molecule has 0 aliphatic carbocycles. The number of hydrogen-bond acceptors (Lipinski definition) is 3. The summed E-state index contributed by atoms with van der Waals surface area (Å²) in [6.07, 6.45) is 0. The molecule has 0 fully saturated rings. The van der Waals surface area contributed by atoms with Gasteiger partial charge in [0.1, 0.15) is 0 Å². The van der Waals surface area contributed by atoms with E-state index >= 15 is 0 Å². The lowest BCUT2D eigenvalue weighted by atomic mass is 10.4. The van der Waals surface area contributed by atoms with Crippen molar-refractivity contribution in [2.24, 2.45) is 0 Å². The first kappa shape index (κ1) is 11.2. The summed E-state index contributed by atoms with van der Waals surface area (Å²) in [5.74, 6) is 0. The summed E-state index contributed by atoms with van der Waals surface area (Å²) in [7, 11) is 4.13. The topological polar surface area (TPSA) is 15.3 Å². The zero-order chi connectivity index (χ0) is 9.68. The van der Waals surface area contributed by atoms with Crippen LogP contribution in [0.1, 0.15) is 4.88 Å². The molecule has 0 bridgehead atoms. The highest BCUT2D eigenvalue weighted by Crippen LogP contribution is 2.20. The van der Waals surface area contributed by atoms with Gasteiger partial charge in [0.15, 0.2) is 0 Å². The Morgan fingerprint density at radius 3 is 2.92 bits per heavy atom. The number of thiophene rings is 1. The summed E-state index contributed by atoms with van der Waals surface area (Å²) in [6.45, 7) is 3.17. The van der Waals surface area contributed by atoms with E-state index < -0.39 is 0 Å². The molecule has 4 heteroatoms. The van der Waals surface area contributed by atoms with E-state index in [1.165, 1.54) is 9.35 Å². The Morgan fingerprint density at radius 2 is 2.38 bits per heavy atom. The van der Waals surface area contributed by atoms with Crippen molar-refractivity contribution < 1.29 is 0 Å². The van der Waals surface area contributed by atoms with Crippen LogP contribution < -0.4 is 5.32 Å². The molecule has 0 aromatic carbocycles. The molecule has 13 heavy (non-hydrogen) atoms. The number of likely N-dealkylation sites (N-methyl/N-ethyl adjacent to an activating group) is 2. The van der Waals surface area contributed by atoms with E-state index in [4.69, 9.17) is 0 Å². The molecule has 0 unspecified atom stereocenters. The molecule has 0 radical (unpaired) electrons. The van der Waals surface area contributed by atoms with Gasteiger partial charge in [-0.25, -0.2) is 0 Å². The summed E-state index contributed by atoms with van der Waals surface area (Å²) in [5.41, 5.74) is 0. The van der Waals surface area contributed by atoms with E-state index in [0.29, 0.717) is 0 Å². The summed E-state index contributed by atoms with van der Waals surface area (Å²) in [6, 6.07) is 2.18. The minimum Gasteiger partial charge on any atom is -0.318 e. The van der Waals surface area contributed by atoms with Gasteiger partial charge in [-0.3, -0.25) is 0 Å². The largest absolute Gasteiger partial charge is 0.318 e. The predicted octanol–water partition coefficient (Wildman–Crippen LogP) is 2.16. The van der Waals surface area contributed by atoms with Crippen molar-refractivity contribution in [1.82, 2.24) is 10.2 Å². The first-order valence-corrected chi connectivity index (χ1v) is 5.95. The fraction of sp³-hybridized carbons (Fsp3) is 0.556. The van der Waals surface area contributed by atoms with E-state index in [1.807, 2.05) is 7.05 Å². The maximum Gasteiger partial charge on any atom is 0.0325 e. The fourth-order valence-electron chi connectivity index (χ4n) is 1.08. The number of rotatable bonds is 5. The first-order chi connectivity index (χ1) is 6.22. The van der Waals surface area contributed by atoms with Crippen molar-refractivity contribution in [1.29, 1.82) is 0 Å². The molecule has 0 atom stereocenters. The highest BCUT2D eigenvalue weighted by Gasteiger charge is 2.01. The molecule has 0 amide bonds. The normalized spacial score (nSPS) is 11.1. The van der Waals surface area contributed by atoms with Crippen molar-refractivity contribution >= 4 is 27.3 Å². The molecule has 1 aromatic heterocycles. The summed E-state index contributed by atoms with van der Waals surface area (Å²) >= 11 is 5.26. The van der Waals surface area contributed by atoms with Crippen LogP contribution >= 0.6 is 27.3 Å². The van der Waals surface area contributed by atoms with Gasteiger partial charge in [0, 0.05) is 34.4 Å². The van der Waals surface area contributed by atoms with E-state index in [-0.39, 0.29) is 0 Å². The van der Waals surface area contributed by atoms with Crippen molar-refractivity contribution in [2.45, 2.75) is 6.54 Å². The highest BCUT2D eigenvalue weighted by atomic mass is 79.9. The maximum absolute atomic E-state index is 3.45. The smallest absolute Gasteiger partial charge is 0.0325 e. The van der Waals surface area contributed by atoms with Gasteiger partial charge in [0.25, 0.3) is 0 Å². The third-order valence-corrected chi connectivity index (χ3v) is 3.47. The second kappa shape index (κ2) is 5.75. The average molecular weight is 263 g/mol. The molecule has 0 aliphatic heterocycles. The maximum atomic E-state index is 3.45. The zero-order valence-corrected chi connectivity index (χ0v) is 10.4. The van der Waals surface area contributed by atoms with Crippen LogP contribution in [-0.4, -0.2) is 32.1 Å². The minimum atomic E-state index is 1.04. The molecule has 74 valence electrons. The lowest BCUT2D eigenvalue weighted by Gasteiger charge is -2.14. The Hall–Kier alpha value is 0.1000. The van der Waals surface area contributed by atoms with Crippen LogP contribution in [0.5, 0.6) is 0 Å². The number of halogens is 1. The Bertz CT molecular complexity index is 250. The third kappa shape index (κ3) is 4.22. The molecule has 0 aliphatic rings. The standard InChI is InChI=1S/C9H15BrN2S/c1-11-3-4-12(2)6-9-5-8(10)7-13-9/h5,7,11H,3-4,6H2,1-2H3. The Kier molecular flexibility index (Phi) is 4.94. The Balaban J connectivity index is 2.31. The second-order valence-electron chi connectivity index (χ2n) is 3.07. The second-order valence-corrected chi connectivity index (χ2v) is 4.98. The van der Waals surface area contributed by atoms with Gasteiger partial charge < -0.3 is 10.2 Å². The first-order valence-electron chi connectivity index (χ1n) is 4.28. The van der Waals surface area contributed by atoms with Gasteiger partial charge in [-0.2, -0.15) is 0 Å². The van der Waals surface area contributed by atoms with Crippen molar-refractivity contribution in [3.8, 4) is 0 Å². The molecule has 0 spiro atoms. The Labute approximate surface area is 92.1 Å². The van der Waals surface area contributed by atoms with Crippen molar-refractivity contribution in [3.05, 3.63) is 20.8 Å². The molecular formula is C9H15BrN2S. The van der Waals surface area contributed by atoms with Crippen LogP contribution in [0.3, 0.4) is 0 Å². The highest BCUT2D eigenvalue weighted by molar-refractivity contribution is 9.10. The van der Waals surface area contributed by atoms with Crippen LogP contribution in [0.2, 0.25) is 0 Å². The lowest BCUT2D eigenvalue weighted by molar-refractivity contribution is 0.331. The molecule has 0 saturated carbocycles. The van der Waals surface area contributed by atoms with E-state index in [0.717, 1.165) is 19.6 Å². The minimum absolute atomic E-state index is 1.04. The summed E-state index contributed by atoms with van der Waals surface area (Å²) < 4.78 is 1.19. The number of hydrogen-bond donors (Lipinski definition) is 1. The summed E-state index contributed by atoms with van der Waals surface area (Å²) in [4.78, 5) is 3.72. The van der Waals surface area contributed by atoms with E-state index in [1.54, 1.807) is 11.3 Å². The van der Waals surface area contributed by atoms with Crippen LogP contribution in [0.25, 0.3) is 0 Å². The molecule has 1 aromatic rings.